The van der Waals surface area contributed by atoms with E-state index < -0.39 is 0 Å². The second kappa shape index (κ2) is 9.67. The summed E-state index contributed by atoms with van der Waals surface area (Å²) in [4.78, 5) is 28.3. The molecule has 0 spiro atoms. The lowest BCUT2D eigenvalue weighted by molar-refractivity contribution is -0.131. The maximum atomic E-state index is 12.0. The average molecular weight is 336 g/mol. The standard InChI is InChI=1S/C18H32N4O2/c1-15(2)14-21-12-7-16(8-13-21)20-18(24)19-9-6-17(23)22-10-4-3-5-11-22/h16H,1,3-14H2,2H3,(H2,19,20,24). The highest BCUT2D eigenvalue weighted by molar-refractivity contribution is 5.78. The summed E-state index contributed by atoms with van der Waals surface area (Å²) in [5.41, 5.74) is 1.18. The van der Waals surface area contributed by atoms with E-state index in [4.69, 9.17) is 0 Å². The van der Waals surface area contributed by atoms with Gasteiger partial charge in [0.1, 0.15) is 0 Å². The van der Waals surface area contributed by atoms with Crippen molar-refractivity contribution in [3.63, 3.8) is 0 Å². The molecule has 2 heterocycles. The maximum absolute atomic E-state index is 12.0. The van der Waals surface area contributed by atoms with Crippen molar-refractivity contribution in [2.24, 2.45) is 0 Å². The molecule has 0 atom stereocenters. The van der Waals surface area contributed by atoms with Gasteiger partial charge in [-0.25, -0.2) is 4.79 Å². The quantitative estimate of drug-likeness (QED) is 0.726. The van der Waals surface area contributed by atoms with Gasteiger partial charge < -0.3 is 15.5 Å². The van der Waals surface area contributed by atoms with Gasteiger partial charge in [0.2, 0.25) is 5.91 Å². The third kappa shape index (κ3) is 6.51. The van der Waals surface area contributed by atoms with Crippen LogP contribution in [0.5, 0.6) is 0 Å². The number of hydrogen-bond donors (Lipinski definition) is 2. The molecule has 24 heavy (non-hydrogen) atoms. The number of nitrogens with one attached hydrogen (secondary N) is 2. The van der Waals surface area contributed by atoms with Gasteiger partial charge in [-0.3, -0.25) is 9.69 Å². The van der Waals surface area contributed by atoms with Gasteiger partial charge in [-0.15, -0.1) is 0 Å². The minimum Gasteiger partial charge on any atom is -0.343 e. The third-order valence-electron chi connectivity index (χ3n) is 4.75. The maximum Gasteiger partial charge on any atom is 0.315 e. The molecule has 2 aliphatic rings. The highest BCUT2D eigenvalue weighted by Gasteiger charge is 2.21. The van der Waals surface area contributed by atoms with Crippen LogP contribution in [0, 0.1) is 0 Å². The molecule has 6 nitrogen and oxygen atoms in total. The Kier molecular flexibility index (Phi) is 7.56. The second-order valence-electron chi connectivity index (χ2n) is 7.10. The molecule has 0 aromatic carbocycles. The number of urea groups is 1. The Morgan fingerprint density at radius 2 is 1.75 bits per heavy atom. The van der Waals surface area contributed by atoms with Crippen LogP contribution < -0.4 is 10.6 Å². The fourth-order valence-corrected chi connectivity index (χ4v) is 3.44. The van der Waals surface area contributed by atoms with E-state index in [-0.39, 0.29) is 18.0 Å². The molecule has 0 saturated carbocycles. The lowest BCUT2D eigenvalue weighted by atomic mass is 10.0. The Morgan fingerprint density at radius 3 is 2.38 bits per heavy atom. The number of carbonyl (C=O) groups is 2. The first kappa shape index (κ1) is 18.8. The number of carbonyl (C=O) groups excluding carboxylic acids is 2. The van der Waals surface area contributed by atoms with E-state index in [1.54, 1.807) is 0 Å². The van der Waals surface area contributed by atoms with Gasteiger partial charge in [0.15, 0.2) is 0 Å². The smallest absolute Gasteiger partial charge is 0.315 e. The molecule has 3 amide bonds. The highest BCUT2D eigenvalue weighted by Crippen LogP contribution is 2.11. The monoisotopic (exact) mass is 336 g/mol. The molecule has 0 aliphatic carbocycles. The molecule has 6 heteroatoms. The van der Waals surface area contributed by atoms with E-state index in [2.05, 4.69) is 22.1 Å². The second-order valence-corrected chi connectivity index (χ2v) is 7.10. The van der Waals surface area contributed by atoms with Crippen LogP contribution >= 0.6 is 0 Å². The molecule has 2 rings (SSSR count). The van der Waals surface area contributed by atoms with Crippen LogP contribution in [0.3, 0.4) is 0 Å². The molecule has 2 saturated heterocycles. The minimum atomic E-state index is -0.153. The zero-order valence-corrected chi connectivity index (χ0v) is 15.0. The summed E-state index contributed by atoms with van der Waals surface area (Å²) < 4.78 is 0. The van der Waals surface area contributed by atoms with Crippen LogP contribution in [0.25, 0.3) is 0 Å². The van der Waals surface area contributed by atoms with Crippen molar-refractivity contribution in [1.29, 1.82) is 0 Å². The van der Waals surface area contributed by atoms with E-state index >= 15 is 0 Å². The van der Waals surface area contributed by atoms with E-state index in [9.17, 15) is 9.59 Å². The van der Waals surface area contributed by atoms with Gasteiger partial charge in [-0.2, -0.15) is 0 Å². The van der Waals surface area contributed by atoms with E-state index in [0.717, 1.165) is 58.4 Å². The molecule has 0 radical (unpaired) electrons. The molecule has 2 aliphatic heterocycles. The Morgan fingerprint density at radius 1 is 1.08 bits per heavy atom. The van der Waals surface area contributed by atoms with E-state index in [0.29, 0.717) is 13.0 Å². The summed E-state index contributed by atoms with van der Waals surface area (Å²) >= 11 is 0. The van der Waals surface area contributed by atoms with Crippen molar-refractivity contribution in [3.8, 4) is 0 Å². The van der Waals surface area contributed by atoms with Crippen molar-refractivity contribution in [3.05, 3.63) is 12.2 Å². The Hall–Kier alpha value is -1.56. The first-order chi connectivity index (χ1) is 11.5. The summed E-state index contributed by atoms with van der Waals surface area (Å²) in [7, 11) is 0. The molecule has 2 N–H and O–H groups in total. The molecule has 136 valence electrons. The first-order valence-corrected chi connectivity index (χ1v) is 9.23. The summed E-state index contributed by atoms with van der Waals surface area (Å²) in [6, 6.07) is 0.0731. The number of nitrogens with zero attached hydrogens (tertiary/aromatic N) is 2. The van der Waals surface area contributed by atoms with Gasteiger partial charge >= 0.3 is 6.03 Å². The summed E-state index contributed by atoms with van der Waals surface area (Å²) in [6.07, 6.45) is 5.74. The lowest BCUT2D eigenvalue weighted by Gasteiger charge is -2.32. The number of piperidine rings is 2. The van der Waals surface area contributed by atoms with Crippen LogP contribution in [-0.2, 0) is 4.79 Å². The molecular formula is C18H32N4O2. The summed E-state index contributed by atoms with van der Waals surface area (Å²) in [5, 5.41) is 5.84. The number of likely N-dealkylation sites (tertiary alicyclic amines) is 2. The Bertz CT molecular complexity index is 438. The van der Waals surface area contributed by atoms with Crippen LogP contribution in [0.1, 0.15) is 45.4 Å². The van der Waals surface area contributed by atoms with Gasteiger partial charge in [-0.1, -0.05) is 12.2 Å². The first-order valence-electron chi connectivity index (χ1n) is 9.23. The minimum absolute atomic E-state index is 0.153. The fourth-order valence-electron chi connectivity index (χ4n) is 3.44. The molecule has 0 unspecified atom stereocenters. The summed E-state index contributed by atoms with van der Waals surface area (Å²) in [6.45, 7) is 11.1. The normalized spacial score (nSPS) is 19.8. The van der Waals surface area contributed by atoms with Gasteiger partial charge in [0.05, 0.1) is 0 Å². The topological polar surface area (TPSA) is 64.7 Å². The van der Waals surface area contributed by atoms with Crippen molar-refractivity contribution in [1.82, 2.24) is 20.4 Å². The molecular weight excluding hydrogens is 304 g/mol. The van der Waals surface area contributed by atoms with Gasteiger partial charge in [-0.05, 0) is 39.0 Å². The predicted molar refractivity (Wildman–Crippen MR) is 95.9 cm³/mol. The fraction of sp³-hybridized carbons (Fsp3) is 0.778. The van der Waals surface area contributed by atoms with Crippen molar-refractivity contribution < 1.29 is 9.59 Å². The Balaban J connectivity index is 1.57. The van der Waals surface area contributed by atoms with Crippen molar-refractivity contribution in [2.75, 3.05) is 39.3 Å². The zero-order valence-electron chi connectivity index (χ0n) is 15.0. The van der Waals surface area contributed by atoms with Crippen LogP contribution in [0.2, 0.25) is 0 Å². The zero-order chi connectivity index (χ0) is 17.4. The number of hydrogen-bond acceptors (Lipinski definition) is 3. The molecule has 2 fully saturated rings. The summed E-state index contributed by atoms with van der Waals surface area (Å²) in [5.74, 6) is 0.156. The molecule has 0 bridgehead atoms. The third-order valence-corrected chi connectivity index (χ3v) is 4.75. The SMILES string of the molecule is C=C(C)CN1CCC(NC(=O)NCCC(=O)N2CCCCC2)CC1. The van der Waals surface area contributed by atoms with Crippen LogP contribution in [0.15, 0.2) is 12.2 Å². The van der Waals surface area contributed by atoms with Crippen LogP contribution in [-0.4, -0.2) is 67.0 Å². The van der Waals surface area contributed by atoms with E-state index in [1.807, 2.05) is 11.8 Å². The average Bonchev–Trinajstić information content (AvgIpc) is 2.57. The van der Waals surface area contributed by atoms with Crippen molar-refractivity contribution >= 4 is 11.9 Å². The number of rotatable bonds is 6. The molecule has 0 aromatic heterocycles. The van der Waals surface area contributed by atoms with Gasteiger partial charge in [0.25, 0.3) is 0 Å². The van der Waals surface area contributed by atoms with Crippen LogP contribution in [0.4, 0.5) is 4.79 Å². The Labute approximate surface area is 145 Å². The largest absolute Gasteiger partial charge is 0.343 e. The van der Waals surface area contributed by atoms with Gasteiger partial charge in [0, 0.05) is 51.7 Å². The van der Waals surface area contributed by atoms with E-state index in [1.165, 1.54) is 12.0 Å². The lowest BCUT2D eigenvalue weighted by Crippen LogP contribution is -2.48. The molecule has 0 aromatic rings. The van der Waals surface area contributed by atoms with Crippen molar-refractivity contribution in [2.45, 2.75) is 51.5 Å². The predicted octanol–water partition coefficient (Wildman–Crippen LogP) is 1.73. The highest BCUT2D eigenvalue weighted by atomic mass is 16.2. The number of amides is 3.